The van der Waals surface area contributed by atoms with Crippen LogP contribution in [0.5, 0.6) is 11.5 Å². The molecule has 0 saturated heterocycles. The van der Waals surface area contributed by atoms with Gasteiger partial charge in [-0.3, -0.25) is 0 Å². The Kier molecular flexibility index (Phi) is 5.65. The second-order valence-corrected chi connectivity index (χ2v) is 10.2. The average molecular weight is 496 g/mol. The van der Waals surface area contributed by atoms with Crippen LogP contribution in [0.2, 0.25) is 0 Å². The highest BCUT2D eigenvalue weighted by Crippen LogP contribution is 2.48. The third kappa shape index (κ3) is 4.31. The molecule has 178 valence electrons. The first-order chi connectivity index (χ1) is 16.7. The smallest absolute Gasteiger partial charge is 0.387 e. The molecule has 7 nitrogen and oxygen atoms in total. The van der Waals surface area contributed by atoms with E-state index in [9.17, 15) is 22.5 Å². The zero-order chi connectivity index (χ0) is 24.7. The first-order valence-corrected chi connectivity index (χ1v) is 12.6. The number of hydrogen-bond acceptors (Lipinski definition) is 6. The summed E-state index contributed by atoms with van der Waals surface area (Å²) in [7, 11) is -3.44. The molecule has 2 aromatic heterocycles. The van der Waals surface area contributed by atoms with Crippen LogP contribution in [-0.4, -0.2) is 30.7 Å². The third-order valence-corrected chi connectivity index (χ3v) is 7.03. The fourth-order valence-electron chi connectivity index (χ4n) is 4.46. The van der Waals surface area contributed by atoms with Crippen molar-refractivity contribution in [1.82, 2.24) is 9.38 Å². The molecular formula is C25H19F2N3O4S. The van der Waals surface area contributed by atoms with Gasteiger partial charge in [0, 0.05) is 30.4 Å². The molecule has 35 heavy (non-hydrogen) atoms. The van der Waals surface area contributed by atoms with Crippen LogP contribution in [0.3, 0.4) is 0 Å². The van der Waals surface area contributed by atoms with Gasteiger partial charge in [0.2, 0.25) is 0 Å². The Balaban J connectivity index is 1.63. The van der Waals surface area contributed by atoms with Crippen molar-refractivity contribution in [1.29, 1.82) is 5.26 Å². The Morgan fingerprint density at radius 3 is 2.69 bits per heavy atom. The van der Waals surface area contributed by atoms with E-state index in [1.165, 1.54) is 18.2 Å². The summed E-state index contributed by atoms with van der Waals surface area (Å²) in [6, 6.07) is 18.2. The van der Waals surface area contributed by atoms with Crippen LogP contribution in [0.1, 0.15) is 41.0 Å². The lowest BCUT2D eigenvalue weighted by Gasteiger charge is -2.18. The molecule has 0 spiro atoms. The number of benzene rings is 2. The molecule has 2 atom stereocenters. The van der Waals surface area contributed by atoms with Crippen LogP contribution >= 0.6 is 0 Å². The van der Waals surface area contributed by atoms with E-state index in [2.05, 4.69) is 6.07 Å². The van der Waals surface area contributed by atoms with Crippen molar-refractivity contribution in [2.75, 3.05) is 6.26 Å². The second-order valence-electron chi connectivity index (χ2n) is 8.20. The van der Waals surface area contributed by atoms with Gasteiger partial charge in [0.1, 0.15) is 35.0 Å². The van der Waals surface area contributed by atoms with Crippen molar-refractivity contribution in [3.63, 3.8) is 0 Å². The summed E-state index contributed by atoms with van der Waals surface area (Å²) in [5.74, 6) is -0.0343. The molecule has 2 aromatic carbocycles. The van der Waals surface area contributed by atoms with Crippen molar-refractivity contribution < 1.29 is 26.7 Å². The molecule has 0 amide bonds. The van der Waals surface area contributed by atoms with Crippen molar-refractivity contribution in [3.05, 3.63) is 89.4 Å². The Hall–Kier alpha value is -3.97. The van der Waals surface area contributed by atoms with E-state index in [-0.39, 0.29) is 10.6 Å². The number of pyridine rings is 1. The highest BCUT2D eigenvalue weighted by Gasteiger charge is 2.39. The van der Waals surface area contributed by atoms with Crippen LogP contribution in [0.4, 0.5) is 8.78 Å². The number of para-hydroxylation sites is 1. The Morgan fingerprint density at radius 1 is 1.14 bits per heavy atom. The van der Waals surface area contributed by atoms with E-state index in [1.54, 1.807) is 53.1 Å². The number of imidazole rings is 1. The fraction of sp³-hybridized carbons (Fsp3) is 0.200. The Morgan fingerprint density at radius 2 is 1.94 bits per heavy atom. The number of rotatable bonds is 6. The number of ether oxygens (including phenoxy) is 2. The van der Waals surface area contributed by atoms with E-state index in [0.717, 1.165) is 6.26 Å². The highest BCUT2D eigenvalue weighted by molar-refractivity contribution is 7.90. The predicted molar refractivity (Wildman–Crippen MR) is 122 cm³/mol. The molecule has 0 N–H and O–H groups in total. The summed E-state index contributed by atoms with van der Waals surface area (Å²) >= 11 is 0. The fourth-order valence-corrected chi connectivity index (χ4v) is 5.12. The molecule has 10 heteroatoms. The second kappa shape index (κ2) is 8.67. The van der Waals surface area contributed by atoms with Crippen molar-refractivity contribution in [3.8, 4) is 17.6 Å². The Labute approximate surface area is 200 Å². The van der Waals surface area contributed by atoms with Crippen LogP contribution in [-0.2, 0) is 9.84 Å². The topological polar surface area (TPSA) is 93.7 Å². The lowest BCUT2D eigenvalue weighted by Crippen LogP contribution is -2.09. The first-order valence-electron chi connectivity index (χ1n) is 10.7. The normalized spacial score (nSPS) is 17.3. The summed E-state index contributed by atoms with van der Waals surface area (Å²) in [6.45, 7) is -2.99. The highest BCUT2D eigenvalue weighted by atomic mass is 32.2. The zero-order valence-corrected chi connectivity index (χ0v) is 19.2. The predicted octanol–water partition coefficient (Wildman–Crippen LogP) is 4.87. The largest absolute Gasteiger partial charge is 0.484 e. The number of sulfone groups is 1. The minimum atomic E-state index is -3.44. The molecule has 1 aliphatic rings. The van der Waals surface area contributed by atoms with E-state index >= 15 is 0 Å². The summed E-state index contributed by atoms with van der Waals surface area (Å²) in [5.41, 5.74) is 2.81. The monoisotopic (exact) mass is 495 g/mol. The molecule has 0 fully saturated rings. The van der Waals surface area contributed by atoms with Gasteiger partial charge in [-0.15, -0.1) is 0 Å². The summed E-state index contributed by atoms with van der Waals surface area (Å²) in [6.07, 6.45) is 2.53. The van der Waals surface area contributed by atoms with Gasteiger partial charge in [-0.2, -0.15) is 14.0 Å². The van der Waals surface area contributed by atoms with E-state index in [4.69, 9.17) is 14.5 Å². The maximum absolute atomic E-state index is 13.1. The number of hydrogen-bond donors (Lipinski definition) is 0. The summed E-state index contributed by atoms with van der Waals surface area (Å²) in [5, 5.41) is 9.39. The number of halogens is 2. The lowest BCUT2D eigenvalue weighted by molar-refractivity contribution is -0.0505. The maximum atomic E-state index is 13.1. The standard InChI is InChI=1S/C25H19F2N3O4S/c1-35(31,32)17-6-4-5-16(11-17)33-21-12-19(18-7-2-3-8-20(18)34-25(26)27)24-23(21)29-22-10-9-15(13-28)14-30(22)24/h2-11,14,19,21,25H,12H2,1H3/t19-,21-/m1/s1. The lowest BCUT2D eigenvalue weighted by atomic mass is 9.95. The quantitative estimate of drug-likeness (QED) is 0.379. The molecule has 0 radical (unpaired) electrons. The molecule has 0 bridgehead atoms. The number of fused-ring (bicyclic) bond motifs is 3. The Bertz CT molecular complexity index is 1580. The van der Waals surface area contributed by atoms with Crippen molar-refractivity contribution in [2.24, 2.45) is 0 Å². The van der Waals surface area contributed by atoms with Crippen LogP contribution in [0, 0.1) is 11.3 Å². The van der Waals surface area contributed by atoms with Gasteiger partial charge >= 0.3 is 6.61 Å². The van der Waals surface area contributed by atoms with Crippen LogP contribution in [0.15, 0.2) is 71.8 Å². The molecule has 0 saturated carbocycles. The van der Waals surface area contributed by atoms with Gasteiger partial charge in [-0.1, -0.05) is 24.3 Å². The van der Waals surface area contributed by atoms with E-state index < -0.39 is 28.5 Å². The number of aromatic nitrogens is 2. The number of alkyl halides is 2. The van der Waals surface area contributed by atoms with Gasteiger partial charge in [0.05, 0.1) is 16.2 Å². The SMILES string of the molecule is CS(=O)(=O)c1cccc(O[C@@H]2C[C@H](c3ccccc3OC(F)F)c3c2nc2ccc(C#N)cn32)c1. The molecule has 5 rings (SSSR count). The maximum Gasteiger partial charge on any atom is 0.387 e. The molecule has 4 aromatic rings. The van der Waals surface area contributed by atoms with Crippen molar-refractivity contribution in [2.45, 2.75) is 29.9 Å². The third-order valence-electron chi connectivity index (χ3n) is 5.92. The van der Waals surface area contributed by atoms with Gasteiger partial charge in [-0.25, -0.2) is 13.4 Å². The minimum Gasteiger partial charge on any atom is -0.484 e. The van der Waals surface area contributed by atoms with Crippen LogP contribution < -0.4 is 9.47 Å². The summed E-state index contributed by atoms with van der Waals surface area (Å²) < 4.78 is 63.0. The molecule has 0 unspecified atom stereocenters. The number of nitriles is 1. The van der Waals surface area contributed by atoms with E-state index in [1.807, 2.05) is 0 Å². The van der Waals surface area contributed by atoms with Gasteiger partial charge < -0.3 is 13.9 Å². The van der Waals surface area contributed by atoms with Gasteiger partial charge in [0.15, 0.2) is 9.84 Å². The van der Waals surface area contributed by atoms with Gasteiger partial charge in [-0.05, 0) is 36.4 Å². The first kappa shape index (κ1) is 22.8. The zero-order valence-electron chi connectivity index (χ0n) is 18.4. The minimum absolute atomic E-state index is 0.0459. The summed E-state index contributed by atoms with van der Waals surface area (Å²) in [4.78, 5) is 4.82. The van der Waals surface area contributed by atoms with Crippen LogP contribution in [0.25, 0.3) is 5.65 Å². The molecule has 1 aliphatic carbocycles. The average Bonchev–Trinajstić information content (AvgIpc) is 3.36. The molecule has 0 aliphatic heterocycles. The molecule has 2 heterocycles. The molecular weight excluding hydrogens is 476 g/mol. The number of nitrogens with zero attached hydrogens (tertiary/aromatic N) is 3. The van der Waals surface area contributed by atoms with E-state index in [0.29, 0.717) is 40.3 Å². The van der Waals surface area contributed by atoms with Crippen molar-refractivity contribution >= 4 is 15.5 Å². The van der Waals surface area contributed by atoms with Gasteiger partial charge in [0.25, 0.3) is 0 Å².